The SMILES string of the molecule is Cc1cc(C(=O)OCc2nc(-c3ccsc3)no2)c(C)n1CC(F)(F)F. The van der Waals surface area contributed by atoms with Crippen LogP contribution in [0.25, 0.3) is 11.4 Å². The van der Waals surface area contributed by atoms with Crippen LogP contribution < -0.4 is 0 Å². The lowest BCUT2D eigenvalue weighted by Crippen LogP contribution is -2.19. The molecule has 6 nitrogen and oxygen atoms in total. The topological polar surface area (TPSA) is 70.2 Å². The van der Waals surface area contributed by atoms with Gasteiger partial charge in [-0.25, -0.2) is 4.79 Å². The van der Waals surface area contributed by atoms with Crippen LogP contribution in [0.2, 0.25) is 0 Å². The van der Waals surface area contributed by atoms with Crippen LogP contribution in [0.1, 0.15) is 27.6 Å². The molecule has 0 unspecified atom stereocenters. The van der Waals surface area contributed by atoms with Crippen molar-refractivity contribution in [2.75, 3.05) is 0 Å². The van der Waals surface area contributed by atoms with E-state index in [4.69, 9.17) is 9.26 Å². The van der Waals surface area contributed by atoms with E-state index in [1.807, 2.05) is 16.8 Å². The van der Waals surface area contributed by atoms with Gasteiger partial charge in [-0.2, -0.15) is 29.5 Å². The van der Waals surface area contributed by atoms with Crippen molar-refractivity contribution in [3.63, 3.8) is 0 Å². The fraction of sp³-hybridized carbons (Fsp3) is 0.312. The van der Waals surface area contributed by atoms with Crippen LogP contribution in [0.4, 0.5) is 13.2 Å². The van der Waals surface area contributed by atoms with E-state index in [0.29, 0.717) is 11.5 Å². The molecule has 0 saturated heterocycles. The van der Waals surface area contributed by atoms with Crippen LogP contribution >= 0.6 is 11.3 Å². The normalized spacial score (nSPS) is 11.7. The number of nitrogens with zero attached hydrogens (tertiary/aromatic N) is 3. The second-order valence-electron chi connectivity index (χ2n) is 5.59. The van der Waals surface area contributed by atoms with Gasteiger partial charge in [-0.1, -0.05) is 5.16 Å². The number of carbonyl (C=O) groups excluding carboxylic acids is 1. The number of ether oxygens (including phenoxy) is 1. The van der Waals surface area contributed by atoms with Crippen molar-refractivity contribution in [3.8, 4) is 11.4 Å². The number of aromatic nitrogens is 3. The standard InChI is InChI=1S/C16H14F3N3O3S/c1-9-5-12(10(2)22(9)8-16(17,18)19)15(23)24-6-13-20-14(21-25-13)11-3-4-26-7-11/h3-5,7H,6,8H2,1-2H3. The highest BCUT2D eigenvalue weighted by Gasteiger charge is 2.30. The van der Waals surface area contributed by atoms with E-state index in [-0.39, 0.29) is 23.8 Å². The largest absolute Gasteiger partial charge is 0.452 e. The zero-order chi connectivity index (χ0) is 18.9. The van der Waals surface area contributed by atoms with E-state index < -0.39 is 18.7 Å². The molecule has 26 heavy (non-hydrogen) atoms. The van der Waals surface area contributed by atoms with Gasteiger partial charge >= 0.3 is 12.1 Å². The minimum atomic E-state index is -4.38. The number of alkyl halides is 3. The number of halogens is 3. The number of hydrogen-bond acceptors (Lipinski definition) is 6. The molecule has 0 fully saturated rings. The number of hydrogen-bond donors (Lipinski definition) is 0. The third kappa shape index (κ3) is 3.96. The van der Waals surface area contributed by atoms with Crippen LogP contribution in [0, 0.1) is 13.8 Å². The van der Waals surface area contributed by atoms with E-state index in [0.717, 1.165) is 10.1 Å². The van der Waals surface area contributed by atoms with Gasteiger partial charge in [-0.3, -0.25) is 0 Å². The minimum absolute atomic E-state index is 0.0734. The Labute approximate surface area is 150 Å². The lowest BCUT2D eigenvalue weighted by Gasteiger charge is -2.12. The summed E-state index contributed by atoms with van der Waals surface area (Å²) in [6.07, 6.45) is -4.38. The summed E-state index contributed by atoms with van der Waals surface area (Å²) >= 11 is 1.48. The van der Waals surface area contributed by atoms with Crippen LogP contribution in [0.3, 0.4) is 0 Å². The summed E-state index contributed by atoms with van der Waals surface area (Å²) in [6.45, 7) is 1.52. The summed E-state index contributed by atoms with van der Waals surface area (Å²) in [4.78, 5) is 16.3. The van der Waals surface area contributed by atoms with Crippen LogP contribution in [-0.2, 0) is 17.9 Å². The van der Waals surface area contributed by atoms with Gasteiger partial charge in [0, 0.05) is 22.3 Å². The number of esters is 1. The Morgan fingerprint density at radius 1 is 1.38 bits per heavy atom. The Kier molecular flexibility index (Phi) is 4.86. The molecular formula is C16H14F3N3O3S. The summed E-state index contributed by atoms with van der Waals surface area (Å²) in [5.74, 6) is -0.272. The second-order valence-corrected chi connectivity index (χ2v) is 6.37. The average molecular weight is 385 g/mol. The first kappa shape index (κ1) is 18.2. The van der Waals surface area contributed by atoms with Gasteiger partial charge < -0.3 is 13.8 Å². The van der Waals surface area contributed by atoms with Gasteiger partial charge in [0.1, 0.15) is 6.54 Å². The van der Waals surface area contributed by atoms with Crippen molar-refractivity contribution < 1.29 is 27.2 Å². The Hall–Kier alpha value is -2.62. The molecule has 0 aliphatic rings. The zero-order valence-electron chi connectivity index (χ0n) is 13.8. The molecule has 0 spiro atoms. The Bertz CT molecular complexity index is 913. The third-order valence-corrected chi connectivity index (χ3v) is 4.39. The summed E-state index contributed by atoms with van der Waals surface area (Å²) in [5.41, 5.74) is 1.37. The van der Waals surface area contributed by atoms with E-state index in [2.05, 4.69) is 10.1 Å². The van der Waals surface area contributed by atoms with Gasteiger partial charge in [-0.05, 0) is 31.4 Å². The molecule has 0 amide bonds. The third-order valence-electron chi connectivity index (χ3n) is 3.71. The predicted molar refractivity (Wildman–Crippen MR) is 86.7 cm³/mol. The zero-order valence-corrected chi connectivity index (χ0v) is 14.6. The highest BCUT2D eigenvalue weighted by molar-refractivity contribution is 7.08. The average Bonchev–Trinajstić information content (AvgIpc) is 3.28. The Morgan fingerprint density at radius 2 is 2.15 bits per heavy atom. The molecule has 3 aromatic rings. The Morgan fingerprint density at radius 3 is 2.81 bits per heavy atom. The highest BCUT2D eigenvalue weighted by atomic mass is 32.1. The maximum Gasteiger partial charge on any atom is 0.406 e. The van der Waals surface area contributed by atoms with E-state index in [1.165, 1.54) is 31.3 Å². The van der Waals surface area contributed by atoms with E-state index in [9.17, 15) is 18.0 Å². The molecule has 0 aliphatic carbocycles. The predicted octanol–water partition coefficient (Wildman–Crippen LogP) is 4.14. The quantitative estimate of drug-likeness (QED) is 0.618. The van der Waals surface area contributed by atoms with Crippen LogP contribution in [0.5, 0.6) is 0 Å². The number of aryl methyl sites for hydroxylation is 1. The lowest BCUT2D eigenvalue weighted by atomic mass is 10.2. The number of carbonyl (C=O) groups is 1. The molecular weight excluding hydrogens is 371 g/mol. The highest BCUT2D eigenvalue weighted by Crippen LogP contribution is 2.24. The lowest BCUT2D eigenvalue weighted by molar-refractivity contribution is -0.141. The fourth-order valence-corrected chi connectivity index (χ4v) is 3.09. The molecule has 0 N–H and O–H groups in total. The molecule has 0 aromatic carbocycles. The molecule has 0 bridgehead atoms. The smallest absolute Gasteiger partial charge is 0.406 e. The fourth-order valence-electron chi connectivity index (χ4n) is 2.46. The van der Waals surface area contributed by atoms with Crippen molar-refractivity contribution in [2.45, 2.75) is 33.2 Å². The van der Waals surface area contributed by atoms with Gasteiger partial charge in [0.25, 0.3) is 5.89 Å². The maximum absolute atomic E-state index is 12.6. The van der Waals surface area contributed by atoms with Gasteiger partial charge in [0.15, 0.2) is 6.61 Å². The van der Waals surface area contributed by atoms with E-state index >= 15 is 0 Å². The van der Waals surface area contributed by atoms with Crippen LogP contribution in [-0.4, -0.2) is 26.9 Å². The molecule has 138 valence electrons. The van der Waals surface area contributed by atoms with Gasteiger partial charge in [0.05, 0.1) is 5.56 Å². The molecule has 0 atom stereocenters. The minimum Gasteiger partial charge on any atom is -0.452 e. The van der Waals surface area contributed by atoms with Crippen molar-refractivity contribution >= 4 is 17.3 Å². The summed E-state index contributed by atoms with van der Waals surface area (Å²) < 4.78 is 49.0. The Balaban J connectivity index is 1.68. The van der Waals surface area contributed by atoms with Crippen molar-refractivity contribution in [3.05, 3.63) is 45.7 Å². The first-order valence-corrected chi connectivity index (χ1v) is 8.44. The van der Waals surface area contributed by atoms with Crippen molar-refractivity contribution in [1.29, 1.82) is 0 Å². The summed E-state index contributed by atoms with van der Waals surface area (Å²) in [6, 6.07) is 3.19. The second kappa shape index (κ2) is 6.94. The maximum atomic E-state index is 12.6. The van der Waals surface area contributed by atoms with Crippen molar-refractivity contribution in [2.24, 2.45) is 0 Å². The molecule has 0 aliphatic heterocycles. The van der Waals surface area contributed by atoms with Crippen molar-refractivity contribution in [1.82, 2.24) is 14.7 Å². The molecule has 3 aromatic heterocycles. The molecule has 0 saturated carbocycles. The molecule has 0 radical (unpaired) electrons. The summed E-state index contributed by atoms with van der Waals surface area (Å²) in [5, 5.41) is 7.49. The summed E-state index contributed by atoms with van der Waals surface area (Å²) in [7, 11) is 0. The van der Waals surface area contributed by atoms with E-state index in [1.54, 1.807) is 0 Å². The number of rotatable bonds is 5. The molecule has 3 heterocycles. The molecule has 10 heteroatoms. The first-order valence-electron chi connectivity index (χ1n) is 7.50. The van der Waals surface area contributed by atoms with Gasteiger partial charge in [0.2, 0.25) is 5.82 Å². The number of thiophene rings is 1. The molecule has 3 rings (SSSR count). The van der Waals surface area contributed by atoms with Gasteiger partial charge in [-0.15, -0.1) is 0 Å². The van der Waals surface area contributed by atoms with Crippen LogP contribution in [0.15, 0.2) is 27.4 Å². The monoisotopic (exact) mass is 385 g/mol. The first-order chi connectivity index (χ1) is 12.2.